The minimum Gasteiger partial charge on any atom is -0.339 e. The summed E-state index contributed by atoms with van der Waals surface area (Å²) in [7, 11) is 1.71. The number of amides is 4. The van der Waals surface area contributed by atoms with Crippen LogP contribution in [0.2, 0.25) is 0 Å². The van der Waals surface area contributed by atoms with Gasteiger partial charge in [0.15, 0.2) is 0 Å². The van der Waals surface area contributed by atoms with Crippen molar-refractivity contribution in [2.45, 2.75) is 51.6 Å². The van der Waals surface area contributed by atoms with Crippen LogP contribution >= 0.6 is 11.3 Å². The third kappa shape index (κ3) is 3.42. The number of carbonyl (C=O) groups excluding carboxylic acids is 3. The Morgan fingerprint density at radius 1 is 1.40 bits per heavy atom. The van der Waals surface area contributed by atoms with Crippen molar-refractivity contribution in [3.8, 4) is 0 Å². The van der Waals surface area contributed by atoms with Gasteiger partial charge in [0.1, 0.15) is 12.1 Å². The van der Waals surface area contributed by atoms with E-state index in [1.54, 1.807) is 23.3 Å². The first-order valence-electron chi connectivity index (χ1n) is 8.73. The van der Waals surface area contributed by atoms with E-state index in [0.29, 0.717) is 25.3 Å². The van der Waals surface area contributed by atoms with Gasteiger partial charge in [-0.05, 0) is 55.5 Å². The lowest BCUT2D eigenvalue weighted by Gasteiger charge is -2.33. The smallest absolute Gasteiger partial charge is 0.325 e. The van der Waals surface area contributed by atoms with Crippen LogP contribution in [0, 0.1) is 12.8 Å². The zero-order valence-electron chi connectivity index (χ0n) is 15.0. The summed E-state index contributed by atoms with van der Waals surface area (Å²) in [5.74, 6) is 0.113. The molecule has 0 radical (unpaired) electrons. The normalized spacial score (nSPS) is 26.2. The van der Waals surface area contributed by atoms with E-state index in [9.17, 15) is 14.4 Å². The maximum Gasteiger partial charge on any atom is 0.325 e. The molecule has 2 fully saturated rings. The van der Waals surface area contributed by atoms with Gasteiger partial charge in [-0.3, -0.25) is 14.5 Å². The Hall–Kier alpha value is -1.89. The third-order valence-corrected chi connectivity index (χ3v) is 6.45. The molecule has 1 aliphatic heterocycles. The lowest BCUT2D eigenvalue weighted by Crippen LogP contribution is -2.50. The van der Waals surface area contributed by atoms with Crippen LogP contribution in [-0.2, 0) is 16.1 Å². The summed E-state index contributed by atoms with van der Waals surface area (Å²) >= 11 is 1.60. The van der Waals surface area contributed by atoms with Crippen molar-refractivity contribution in [1.29, 1.82) is 0 Å². The molecule has 136 valence electrons. The average Bonchev–Trinajstić information content (AvgIpc) is 3.07. The van der Waals surface area contributed by atoms with Crippen LogP contribution in [0.4, 0.5) is 4.79 Å². The molecule has 0 atom stereocenters. The number of urea groups is 1. The molecular weight excluding hydrogens is 338 g/mol. The predicted molar refractivity (Wildman–Crippen MR) is 96.1 cm³/mol. The first kappa shape index (κ1) is 17.9. The minimum absolute atomic E-state index is 0.192. The third-order valence-electron chi connectivity index (χ3n) is 5.44. The van der Waals surface area contributed by atoms with Gasteiger partial charge < -0.3 is 10.2 Å². The van der Waals surface area contributed by atoms with E-state index in [4.69, 9.17) is 0 Å². The number of hydrogen-bond donors (Lipinski definition) is 1. The van der Waals surface area contributed by atoms with E-state index < -0.39 is 11.6 Å². The summed E-state index contributed by atoms with van der Waals surface area (Å²) in [6.45, 7) is 4.48. The monoisotopic (exact) mass is 363 g/mol. The second-order valence-corrected chi connectivity index (χ2v) is 8.36. The fourth-order valence-corrected chi connectivity index (χ4v) is 4.50. The van der Waals surface area contributed by atoms with Crippen LogP contribution in [0.1, 0.15) is 43.0 Å². The van der Waals surface area contributed by atoms with E-state index in [2.05, 4.69) is 12.2 Å². The molecule has 6 nitrogen and oxygen atoms in total. The first-order valence-corrected chi connectivity index (χ1v) is 9.61. The van der Waals surface area contributed by atoms with Gasteiger partial charge in [0.05, 0.1) is 6.54 Å². The molecule has 1 aliphatic carbocycles. The summed E-state index contributed by atoms with van der Waals surface area (Å²) in [6, 6.07) is 1.58. The maximum atomic E-state index is 12.8. The fraction of sp³-hybridized carbons (Fsp3) is 0.611. The van der Waals surface area contributed by atoms with Crippen molar-refractivity contribution in [1.82, 2.24) is 15.1 Å². The Labute approximate surface area is 152 Å². The molecule has 0 aromatic carbocycles. The SMILES string of the molecule is Cc1ccsc1CN(C)C(=O)CN1C(=O)NC2(CCC(C)CC2)C1=O. The Morgan fingerprint density at radius 2 is 2.08 bits per heavy atom. The standard InChI is InChI=1S/C18H25N3O3S/c1-12-4-7-18(8-5-12)16(23)21(17(24)19-18)11-15(22)20(3)10-14-13(2)6-9-25-14/h6,9,12H,4-5,7-8,10-11H2,1-3H3,(H,19,24). The van der Waals surface area contributed by atoms with E-state index >= 15 is 0 Å². The summed E-state index contributed by atoms with van der Waals surface area (Å²) in [5, 5.41) is 4.85. The zero-order chi connectivity index (χ0) is 18.2. The van der Waals surface area contributed by atoms with Crippen molar-refractivity contribution in [3.63, 3.8) is 0 Å². The molecule has 0 bridgehead atoms. The van der Waals surface area contributed by atoms with Crippen LogP contribution < -0.4 is 5.32 Å². The van der Waals surface area contributed by atoms with Crippen LogP contribution in [0.3, 0.4) is 0 Å². The molecule has 1 aromatic heterocycles. The first-order chi connectivity index (χ1) is 11.8. The van der Waals surface area contributed by atoms with Crippen LogP contribution in [-0.4, -0.2) is 46.8 Å². The molecule has 1 N–H and O–H groups in total. The molecular formula is C18H25N3O3S. The summed E-state index contributed by atoms with van der Waals surface area (Å²) in [6.07, 6.45) is 3.16. The molecule has 1 saturated carbocycles. The summed E-state index contributed by atoms with van der Waals surface area (Å²) in [4.78, 5) is 41.4. The van der Waals surface area contributed by atoms with Gasteiger partial charge in [-0.25, -0.2) is 4.79 Å². The quantitative estimate of drug-likeness (QED) is 0.836. The molecule has 3 rings (SSSR count). The van der Waals surface area contributed by atoms with Gasteiger partial charge >= 0.3 is 6.03 Å². The summed E-state index contributed by atoms with van der Waals surface area (Å²) in [5.41, 5.74) is 0.363. The molecule has 2 aliphatic rings. The van der Waals surface area contributed by atoms with E-state index in [1.165, 1.54) is 0 Å². The highest BCUT2D eigenvalue weighted by molar-refractivity contribution is 7.10. The van der Waals surface area contributed by atoms with Crippen LogP contribution in [0.15, 0.2) is 11.4 Å². The van der Waals surface area contributed by atoms with Gasteiger partial charge in [-0.1, -0.05) is 6.92 Å². The van der Waals surface area contributed by atoms with Crippen LogP contribution in [0.5, 0.6) is 0 Å². The van der Waals surface area contributed by atoms with Crippen molar-refractivity contribution in [2.75, 3.05) is 13.6 Å². The van der Waals surface area contributed by atoms with Gasteiger partial charge in [-0.2, -0.15) is 0 Å². The second kappa shape index (κ2) is 6.78. The maximum absolute atomic E-state index is 12.8. The van der Waals surface area contributed by atoms with E-state index in [0.717, 1.165) is 28.2 Å². The number of rotatable bonds is 4. The number of thiophene rings is 1. The van der Waals surface area contributed by atoms with Gasteiger partial charge in [0.25, 0.3) is 5.91 Å². The highest BCUT2D eigenvalue weighted by Gasteiger charge is 2.52. The Kier molecular flexibility index (Phi) is 4.86. The molecule has 0 unspecified atom stereocenters. The molecule has 25 heavy (non-hydrogen) atoms. The molecule has 1 spiro atoms. The van der Waals surface area contributed by atoms with Crippen molar-refractivity contribution < 1.29 is 14.4 Å². The lowest BCUT2D eigenvalue weighted by molar-refractivity contribution is -0.139. The number of imide groups is 1. The molecule has 7 heteroatoms. The van der Waals surface area contributed by atoms with E-state index in [1.807, 2.05) is 18.4 Å². The highest BCUT2D eigenvalue weighted by atomic mass is 32.1. The fourth-order valence-electron chi connectivity index (χ4n) is 3.54. The van der Waals surface area contributed by atoms with Crippen LogP contribution in [0.25, 0.3) is 0 Å². The Balaban J connectivity index is 1.64. The largest absolute Gasteiger partial charge is 0.339 e. The zero-order valence-corrected chi connectivity index (χ0v) is 15.8. The molecule has 2 heterocycles. The Bertz CT molecular complexity index is 691. The molecule has 1 saturated heterocycles. The number of nitrogens with zero attached hydrogens (tertiary/aromatic N) is 2. The number of hydrogen-bond acceptors (Lipinski definition) is 4. The van der Waals surface area contributed by atoms with Crippen molar-refractivity contribution in [2.24, 2.45) is 5.92 Å². The number of likely N-dealkylation sites (N-methyl/N-ethyl adjacent to an activating group) is 1. The van der Waals surface area contributed by atoms with Crippen molar-refractivity contribution in [3.05, 3.63) is 21.9 Å². The topological polar surface area (TPSA) is 69.7 Å². The number of carbonyl (C=O) groups is 3. The number of nitrogens with one attached hydrogen (secondary N) is 1. The van der Waals surface area contributed by atoms with Gasteiger partial charge in [0, 0.05) is 11.9 Å². The predicted octanol–water partition coefficient (Wildman–Crippen LogP) is 2.52. The second-order valence-electron chi connectivity index (χ2n) is 7.36. The summed E-state index contributed by atoms with van der Waals surface area (Å²) < 4.78 is 0. The highest BCUT2D eigenvalue weighted by Crippen LogP contribution is 2.36. The average molecular weight is 363 g/mol. The van der Waals surface area contributed by atoms with E-state index in [-0.39, 0.29) is 18.4 Å². The molecule has 4 amide bonds. The minimum atomic E-state index is -0.785. The Morgan fingerprint density at radius 3 is 2.68 bits per heavy atom. The van der Waals surface area contributed by atoms with Crippen molar-refractivity contribution >= 4 is 29.2 Å². The van der Waals surface area contributed by atoms with Gasteiger partial charge in [-0.15, -0.1) is 11.3 Å². The molecule has 1 aromatic rings. The van der Waals surface area contributed by atoms with Gasteiger partial charge in [0.2, 0.25) is 5.91 Å². The number of aryl methyl sites for hydroxylation is 1. The lowest BCUT2D eigenvalue weighted by atomic mass is 9.77.